The molecule has 0 aliphatic carbocycles. The van der Waals surface area contributed by atoms with Crippen LogP contribution in [0, 0.1) is 5.92 Å². The molecule has 0 saturated carbocycles. The first-order valence-electron chi connectivity index (χ1n) is 11.5. The second-order valence-corrected chi connectivity index (χ2v) is 9.84. The van der Waals surface area contributed by atoms with Gasteiger partial charge in [0.1, 0.15) is 5.82 Å². The van der Waals surface area contributed by atoms with Gasteiger partial charge in [-0.1, -0.05) is 32.9 Å². The number of imidazole rings is 1. The molecule has 0 N–H and O–H groups in total. The highest BCUT2D eigenvalue weighted by atomic mass is 16.5. The monoisotopic (exact) mass is 409 g/mol. The summed E-state index contributed by atoms with van der Waals surface area (Å²) in [7, 11) is 0. The molecule has 4 rings (SSSR count). The third-order valence-electron chi connectivity index (χ3n) is 6.29. The number of amides is 1. The number of ether oxygens (including phenoxy) is 1. The Morgan fingerprint density at radius 1 is 1.13 bits per heavy atom. The number of rotatable bonds is 4. The number of carbonyl (C=O) groups is 1. The van der Waals surface area contributed by atoms with Crippen LogP contribution in [0.15, 0.2) is 30.5 Å². The number of carbonyl (C=O) groups excluding carboxylic acids is 1. The standard InChI is InChI=1S/C25H35N3O2/c1-25(2,3)24-26-22(18-28(24)17-19-10-14-30-15-11-19)20-8-7-9-21(16-20)23(29)27-12-5-4-6-13-27/h7-9,16,18-19H,4-6,10-15,17H2,1-3H3. The molecule has 1 amide bonds. The zero-order valence-corrected chi connectivity index (χ0v) is 18.7. The summed E-state index contributed by atoms with van der Waals surface area (Å²) in [5, 5.41) is 0. The summed E-state index contributed by atoms with van der Waals surface area (Å²) in [6.45, 7) is 11.1. The minimum Gasteiger partial charge on any atom is -0.381 e. The van der Waals surface area contributed by atoms with E-state index in [1.165, 1.54) is 6.42 Å². The Balaban J connectivity index is 1.61. The van der Waals surface area contributed by atoms with Gasteiger partial charge in [0.2, 0.25) is 0 Å². The van der Waals surface area contributed by atoms with Crippen molar-refractivity contribution in [1.82, 2.24) is 14.5 Å². The summed E-state index contributed by atoms with van der Waals surface area (Å²) in [6.07, 6.45) is 7.84. The normalized spacial score (nSPS) is 18.6. The summed E-state index contributed by atoms with van der Waals surface area (Å²) < 4.78 is 7.87. The second-order valence-electron chi connectivity index (χ2n) is 9.84. The molecule has 5 heteroatoms. The fourth-order valence-corrected chi connectivity index (χ4v) is 4.59. The van der Waals surface area contributed by atoms with E-state index in [4.69, 9.17) is 9.72 Å². The molecule has 162 valence electrons. The minimum atomic E-state index is -0.0371. The molecular weight excluding hydrogens is 374 g/mol. The highest BCUT2D eigenvalue weighted by Gasteiger charge is 2.25. The van der Waals surface area contributed by atoms with E-state index in [1.807, 2.05) is 23.1 Å². The molecule has 0 spiro atoms. The number of nitrogens with zero attached hydrogens (tertiary/aromatic N) is 3. The summed E-state index contributed by atoms with van der Waals surface area (Å²) in [4.78, 5) is 20.0. The minimum absolute atomic E-state index is 0.0371. The largest absolute Gasteiger partial charge is 0.381 e. The second kappa shape index (κ2) is 8.93. The first-order chi connectivity index (χ1) is 14.4. The number of aromatic nitrogens is 2. The lowest BCUT2D eigenvalue weighted by Crippen LogP contribution is -2.35. The number of hydrogen-bond acceptors (Lipinski definition) is 3. The van der Waals surface area contributed by atoms with Crippen LogP contribution in [0.5, 0.6) is 0 Å². The van der Waals surface area contributed by atoms with Gasteiger partial charge in [-0.15, -0.1) is 0 Å². The third-order valence-corrected chi connectivity index (χ3v) is 6.29. The van der Waals surface area contributed by atoms with Crippen molar-refractivity contribution >= 4 is 5.91 Å². The summed E-state index contributed by atoms with van der Waals surface area (Å²) in [5.74, 6) is 1.89. The number of likely N-dealkylation sites (tertiary alicyclic amines) is 1. The fourth-order valence-electron chi connectivity index (χ4n) is 4.59. The van der Waals surface area contributed by atoms with Crippen LogP contribution < -0.4 is 0 Å². The van der Waals surface area contributed by atoms with Crippen LogP contribution in [0.3, 0.4) is 0 Å². The molecule has 2 aliphatic heterocycles. The van der Waals surface area contributed by atoms with E-state index < -0.39 is 0 Å². The zero-order chi connectivity index (χ0) is 21.1. The molecule has 5 nitrogen and oxygen atoms in total. The van der Waals surface area contributed by atoms with Crippen molar-refractivity contribution in [2.45, 2.75) is 64.8 Å². The van der Waals surface area contributed by atoms with Crippen molar-refractivity contribution in [1.29, 1.82) is 0 Å². The fraction of sp³-hybridized carbons (Fsp3) is 0.600. The van der Waals surface area contributed by atoms with E-state index in [0.717, 1.165) is 81.2 Å². The maximum absolute atomic E-state index is 13.0. The smallest absolute Gasteiger partial charge is 0.253 e. The maximum atomic E-state index is 13.0. The first kappa shape index (κ1) is 21.1. The van der Waals surface area contributed by atoms with Crippen LogP contribution in [0.4, 0.5) is 0 Å². The van der Waals surface area contributed by atoms with Crippen molar-refractivity contribution < 1.29 is 9.53 Å². The van der Waals surface area contributed by atoms with Gasteiger partial charge in [0.25, 0.3) is 5.91 Å². The van der Waals surface area contributed by atoms with Crippen molar-refractivity contribution in [2.24, 2.45) is 5.92 Å². The van der Waals surface area contributed by atoms with Crippen molar-refractivity contribution in [2.75, 3.05) is 26.3 Å². The number of piperidine rings is 1. The first-order valence-corrected chi connectivity index (χ1v) is 11.5. The molecule has 2 saturated heterocycles. The van der Waals surface area contributed by atoms with Crippen LogP contribution in [0.2, 0.25) is 0 Å². The quantitative estimate of drug-likeness (QED) is 0.721. The summed E-state index contributed by atoms with van der Waals surface area (Å²) >= 11 is 0. The molecule has 3 heterocycles. The highest BCUT2D eigenvalue weighted by molar-refractivity contribution is 5.95. The van der Waals surface area contributed by atoms with E-state index in [1.54, 1.807) is 0 Å². The molecule has 1 aromatic heterocycles. The van der Waals surface area contributed by atoms with Gasteiger partial charge in [-0.05, 0) is 50.2 Å². The molecular formula is C25H35N3O2. The Labute approximate surface area is 180 Å². The van der Waals surface area contributed by atoms with Gasteiger partial charge in [-0.25, -0.2) is 4.98 Å². The Kier molecular flexibility index (Phi) is 6.28. The van der Waals surface area contributed by atoms with Gasteiger partial charge in [0.15, 0.2) is 0 Å². The van der Waals surface area contributed by atoms with Crippen molar-refractivity contribution in [3.63, 3.8) is 0 Å². The average Bonchev–Trinajstić information content (AvgIpc) is 3.19. The zero-order valence-electron chi connectivity index (χ0n) is 18.7. The predicted octanol–water partition coefficient (Wildman–Crippen LogP) is 4.90. The van der Waals surface area contributed by atoms with Crippen LogP contribution in [-0.2, 0) is 16.7 Å². The highest BCUT2D eigenvalue weighted by Crippen LogP contribution is 2.29. The van der Waals surface area contributed by atoms with E-state index in [2.05, 4.69) is 37.6 Å². The van der Waals surface area contributed by atoms with Crippen molar-refractivity contribution in [3.05, 3.63) is 41.9 Å². The SMILES string of the molecule is CC(C)(C)c1nc(-c2cccc(C(=O)N3CCCCC3)c2)cn1CC1CCOCC1. The molecule has 2 aromatic rings. The lowest BCUT2D eigenvalue weighted by Gasteiger charge is -2.26. The van der Waals surface area contributed by atoms with E-state index in [9.17, 15) is 4.79 Å². The Bertz CT molecular complexity index is 869. The van der Waals surface area contributed by atoms with Gasteiger partial charge < -0.3 is 14.2 Å². The molecule has 0 radical (unpaired) electrons. The van der Waals surface area contributed by atoms with Crippen LogP contribution in [0.1, 0.15) is 69.1 Å². The topological polar surface area (TPSA) is 47.4 Å². The lowest BCUT2D eigenvalue weighted by atomic mass is 9.94. The van der Waals surface area contributed by atoms with Crippen LogP contribution in [-0.4, -0.2) is 46.7 Å². The van der Waals surface area contributed by atoms with E-state index >= 15 is 0 Å². The number of benzene rings is 1. The molecule has 30 heavy (non-hydrogen) atoms. The van der Waals surface area contributed by atoms with E-state index in [-0.39, 0.29) is 11.3 Å². The number of hydrogen-bond donors (Lipinski definition) is 0. The summed E-state index contributed by atoms with van der Waals surface area (Å²) in [6, 6.07) is 8.01. The Morgan fingerprint density at radius 3 is 2.57 bits per heavy atom. The van der Waals surface area contributed by atoms with Gasteiger partial charge in [-0.2, -0.15) is 0 Å². The predicted molar refractivity (Wildman–Crippen MR) is 120 cm³/mol. The lowest BCUT2D eigenvalue weighted by molar-refractivity contribution is 0.0607. The van der Waals surface area contributed by atoms with Gasteiger partial charge >= 0.3 is 0 Å². The molecule has 1 aromatic carbocycles. The maximum Gasteiger partial charge on any atom is 0.253 e. The van der Waals surface area contributed by atoms with E-state index in [0.29, 0.717) is 5.92 Å². The van der Waals surface area contributed by atoms with Gasteiger partial charge in [-0.3, -0.25) is 4.79 Å². The average molecular weight is 410 g/mol. The third kappa shape index (κ3) is 4.77. The summed E-state index contributed by atoms with van der Waals surface area (Å²) in [5.41, 5.74) is 2.71. The van der Waals surface area contributed by atoms with Gasteiger partial charge in [0, 0.05) is 55.6 Å². The van der Waals surface area contributed by atoms with Crippen LogP contribution in [0.25, 0.3) is 11.3 Å². The Morgan fingerprint density at radius 2 is 1.87 bits per heavy atom. The molecule has 0 atom stereocenters. The molecule has 0 bridgehead atoms. The molecule has 0 unspecified atom stereocenters. The molecule has 2 aliphatic rings. The van der Waals surface area contributed by atoms with Gasteiger partial charge in [0.05, 0.1) is 5.69 Å². The van der Waals surface area contributed by atoms with Crippen LogP contribution >= 0.6 is 0 Å². The van der Waals surface area contributed by atoms with Crippen molar-refractivity contribution in [3.8, 4) is 11.3 Å². The molecule has 2 fully saturated rings. The Hall–Kier alpha value is -2.14.